The molecular formula is C15H29N3O2. The Labute approximate surface area is 122 Å². The van der Waals surface area contributed by atoms with E-state index >= 15 is 0 Å². The van der Waals surface area contributed by atoms with Gasteiger partial charge in [-0.3, -0.25) is 4.79 Å². The number of hydrogen-bond acceptors (Lipinski definition) is 4. The van der Waals surface area contributed by atoms with Crippen LogP contribution in [0.2, 0.25) is 0 Å². The van der Waals surface area contributed by atoms with Crippen molar-refractivity contribution in [2.75, 3.05) is 53.0 Å². The molecule has 2 aliphatic rings. The standard InChI is InChI=1S/C15H29N3O2/c1-3-17-7-5-4-6-13(10-17)11-18-8-9-20-12-14(16-2)15(18)19/h13-14,16H,3-12H2,1-2H3. The second kappa shape index (κ2) is 7.96. The maximum atomic E-state index is 12.5. The summed E-state index contributed by atoms with van der Waals surface area (Å²) in [5.74, 6) is 0.814. The van der Waals surface area contributed by atoms with Gasteiger partial charge in [-0.25, -0.2) is 0 Å². The maximum absolute atomic E-state index is 12.5. The Morgan fingerprint density at radius 3 is 2.95 bits per heavy atom. The minimum absolute atomic E-state index is 0.175. The van der Waals surface area contributed by atoms with Gasteiger partial charge in [0.2, 0.25) is 5.91 Å². The average Bonchev–Trinajstić information content (AvgIpc) is 2.79. The Morgan fingerprint density at radius 1 is 1.35 bits per heavy atom. The second-order valence-corrected chi connectivity index (χ2v) is 5.96. The number of ether oxygens (including phenoxy) is 1. The summed E-state index contributed by atoms with van der Waals surface area (Å²) >= 11 is 0. The van der Waals surface area contributed by atoms with Gasteiger partial charge in [-0.05, 0) is 38.9 Å². The number of amides is 1. The first-order valence-electron chi connectivity index (χ1n) is 8.00. The van der Waals surface area contributed by atoms with Crippen molar-refractivity contribution >= 4 is 5.91 Å². The molecular weight excluding hydrogens is 254 g/mol. The molecule has 20 heavy (non-hydrogen) atoms. The van der Waals surface area contributed by atoms with Gasteiger partial charge in [0.25, 0.3) is 0 Å². The number of nitrogens with one attached hydrogen (secondary N) is 1. The highest BCUT2D eigenvalue weighted by molar-refractivity contribution is 5.82. The third kappa shape index (κ3) is 4.17. The SMILES string of the molecule is CCN1CCCCC(CN2CCOCC(NC)C2=O)C1. The van der Waals surface area contributed by atoms with Crippen molar-refractivity contribution < 1.29 is 9.53 Å². The first kappa shape index (κ1) is 15.7. The van der Waals surface area contributed by atoms with E-state index in [9.17, 15) is 4.79 Å². The number of carbonyl (C=O) groups is 1. The quantitative estimate of drug-likeness (QED) is 0.819. The van der Waals surface area contributed by atoms with Crippen LogP contribution in [0.25, 0.3) is 0 Å². The molecule has 0 aromatic rings. The molecule has 116 valence electrons. The number of rotatable bonds is 4. The highest BCUT2D eigenvalue weighted by atomic mass is 16.5. The summed E-state index contributed by atoms with van der Waals surface area (Å²) in [5.41, 5.74) is 0. The maximum Gasteiger partial charge on any atom is 0.242 e. The molecule has 0 aromatic carbocycles. The van der Waals surface area contributed by atoms with E-state index in [-0.39, 0.29) is 11.9 Å². The first-order chi connectivity index (χ1) is 9.74. The Kier molecular flexibility index (Phi) is 6.26. The monoisotopic (exact) mass is 283 g/mol. The average molecular weight is 283 g/mol. The molecule has 2 unspecified atom stereocenters. The van der Waals surface area contributed by atoms with Crippen LogP contribution in [0.15, 0.2) is 0 Å². The van der Waals surface area contributed by atoms with Crippen LogP contribution in [-0.2, 0) is 9.53 Å². The van der Waals surface area contributed by atoms with Crippen LogP contribution in [0, 0.1) is 5.92 Å². The molecule has 5 nitrogen and oxygen atoms in total. The van der Waals surface area contributed by atoms with Gasteiger partial charge in [0, 0.05) is 19.6 Å². The first-order valence-corrected chi connectivity index (χ1v) is 8.00. The zero-order valence-corrected chi connectivity index (χ0v) is 12.9. The van der Waals surface area contributed by atoms with Crippen molar-refractivity contribution in [1.29, 1.82) is 0 Å². The fraction of sp³-hybridized carbons (Fsp3) is 0.933. The van der Waals surface area contributed by atoms with Crippen LogP contribution in [0.4, 0.5) is 0 Å². The molecule has 1 N–H and O–H groups in total. The van der Waals surface area contributed by atoms with Crippen molar-refractivity contribution in [2.24, 2.45) is 5.92 Å². The molecule has 2 fully saturated rings. The Hall–Kier alpha value is -0.650. The predicted molar refractivity (Wildman–Crippen MR) is 79.7 cm³/mol. The van der Waals surface area contributed by atoms with E-state index in [0.29, 0.717) is 19.1 Å². The molecule has 0 aromatic heterocycles. The molecule has 5 heteroatoms. The summed E-state index contributed by atoms with van der Waals surface area (Å²) in [6.45, 7) is 8.47. The van der Waals surface area contributed by atoms with Crippen LogP contribution < -0.4 is 5.32 Å². The highest BCUT2D eigenvalue weighted by Crippen LogP contribution is 2.18. The molecule has 2 aliphatic heterocycles. The number of likely N-dealkylation sites (tertiary alicyclic amines) is 1. The molecule has 0 saturated carbocycles. The van der Waals surface area contributed by atoms with Gasteiger partial charge in [-0.2, -0.15) is 0 Å². The third-order valence-electron chi connectivity index (χ3n) is 4.53. The largest absolute Gasteiger partial charge is 0.377 e. The van der Waals surface area contributed by atoms with Crippen LogP contribution in [-0.4, -0.2) is 74.7 Å². The van der Waals surface area contributed by atoms with E-state index in [1.807, 2.05) is 11.9 Å². The fourth-order valence-corrected chi connectivity index (χ4v) is 3.23. The minimum Gasteiger partial charge on any atom is -0.377 e. The van der Waals surface area contributed by atoms with Crippen molar-refractivity contribution in [1.82, 2.24) is 15.1 Å². The summed E-state index contributed by atoms with van der Waals surface area (Å²) in [6.07, 6.45) is 3.82. The number of carbonyl (C=O) groups excluding carboxylic acids is 1. The smallest absolute Gasteiger partial charge is 0.242 e. The second-order valence-electron chi connectivity index (χ2n) is 5.96. The van der Waals surface area contributed by atoms with E-state index in [0.717, 1.165) is 26.2 Å². The van der Waals surface area contributed by atoms with Gasteiger partial charge in [0.05, 0.1) is 13.2 Å². The Morgan fingerprint density at radius 2 is 2.20 bits per heavy atom. The summed E-state index contributed by atoms with van der Waals surface area (Å²) in [7, 11) is 1.83. The summed E-state index contributed by atoms with van der Waals surface area (Å²) < 4.78 is 5.52. The molecule has 1 amide bonds. The van der Waals surface area contributed by atoms with Crippen molar-refractivity contribution in [3.05, 3.63) is 0 Å². The minimum atomic E-state index is -0.175. The lowest BCUT2D eigenvalue weighted by atomic mass is 10.0. The summed E-state index contributed by atoms with van der Waals surface area (Å²) in [6, 6.07) is -0.175. The third-order valence-corrected chi connectivity index (χ3v) is 4.53. The summed E-state index contributed by atoms with van der Waals surface area (Å²) in [4.78, 5) is 17.0. The molecule has 0 bridgehead atoms. The predicted octanol–water partition coefficient (Wildman–Crippen LogP) is 0.555. The lowest BCUT2D eigenvalue weighted by molar-refractivity contribution is -0.133. The van der Waals surface area contributed by atoms with Crippen LogP contribution in [0.1, 0.15) is 26.2 Å². The lowest BCUT2D eigenvalue weighted by Crippen LogP contribution is -2.48. The molecule has 0 radical (unpaired) electrons. The zero-order chi connectivity index (χ0) is 14.4. The van der Waals surface area contributed by atoms with Gasteiger partial charge in [-0.1, -0.05) is 13.3 Å². The normalized spacial score (nSPS) is 30.1. The number of hydrogen-bond donors (Lipinski definition) is 1. The number of nitrogens with zero attached hydrogens (tertiary/aromatic N) is 2. The molecule has 0 spiro atoms. The zero-order valence-electron chi connectivity index (χ0n) is 12.9. The Balaban J connectivity index is 1.94. The molecule has 2 saturated heterocycles. The van der Waals surface area contributed by atoms with Gasteiger partial charge >= 0.3 is 0 Å². The lowest BCUT2D eigenvalue weighted by Gasteiger charge is -2.29. The van der Waals surface area contributed by atoms with Crippen molar-refractivity contribution in [2.45, 2.75) is 32.2 Å². The summed E-state index contributed by atoms with van der Waals surface area (Å²) in [5, 5.41) is 3.07. The van der Waals surface area contributed by atoms with E-state index in [4.69, 9.17) is 4.74 Å². The van der Waals surface area contributed by atoms with E-state index < -0.39 is 0 Å². The van der Waals surface area contributed by atoms with Crippen molar-refractivity contribution in [3.63, 3.8) is 0 Å². The fourth-order valence-electron chi connectivity index (χ4n) is 3.23. The van der Waals surface area contributed by atoms with E-state index in [1.54, 1.807) is 0 Å². The molecule has 2 atom stereocenters. The van der Waals surface area contributed by atoms with Gasteiger partial charge in [-0.15, -0.1) is 0 Å². The van der Waals surface area contributed by atoms with E-state index in [2.05, 4.69) is 17.1 Å². The van der Waals surface area contributed by atoms with Crippen LogP contribution in [0.5, 0.6) is 0 Å². The number of likely N-dealkylation sites (N-methyl/N-ethyl adjacent to an activating group) is 1. The van der Waals surface area contributed by atoms with Crippen LogP contribution in [0.3, 0.4) is 0 Å². The Bertz CT molecular complexity index is 311. The molecule has 0 aliphatic carbocycles. The molecule has 2 rings (SSSR count). The van der Waals surface area contributed by atoms with Crippen molar-refractivity contribution in [3.8, 4) is 0 Å². The van der Waals surface area contributed by atoms with Crippen LogP contribution >= 0.6 is 0 Å². The molecule has 2 heterocycles. The topological polar surface area (TPSA) is 44.8 Å². The van der Waals surface area contributed by atoms with Gasteiger partial charge < -0.3 is 19.9 Å². The van der Waals surface area contributed by atoms with Gasteiger partial charge in [0.15, 0.2) is 0 Å². The van der Waals surface area contributed by atoms with E-state index in [1.165, 1.54) is 25.8 Å². The van der Waals surface area contributed by atoms with Gasteiger partial charge in [0.1, 0.15) is 6.04 Å². The highest BCUT2D eigenvalue weighted by Gasteiger charge is 2.28.